The van der Waals surface area contributed by atoms with Gasteiger partial charge in [-0.05, 0) is 19.1 Å². The third-order valence-corrected chi connectivity index (χ3v) is 2.45. The molecule has 0 radical (unpaired) electrons. The molecule has 0 aliphatic rings. The van der Waals surface area contributed by atoms with E-state index in [1.807, 2.05) is 18.2 Å². The smallest absolute Gasteiger partial charge is 0.338 e. The molecule has 0 fully saturated rings. The minimum atomic E-state index is -0.832. The second-order valence-corrected chi connectivity index (χ2v) is 3.72. The Morgan fingerprint density at radius 1 is 1.39 bits per heavy atom. The molecule has 0 saturated heterocycles. The lowest BCUT2D eigenvalue weighted by molar-refractivity contribution is 0.257. The minimum absolute atomic E-state index is 0.274. The van der Waals surface area contributed by atoms with Gasteiger partial charge in [0.15, 0.2) is 0 Å². The maximum absolute atomic E-state index is 12.1. The number of aryl methyl sites for hydroxylation is 1. The summed E-state index contributed by atoms with van der Waals surface area (Å²) in [6.07, 6.45) is 1.18. The van der Waals surface area contributed by atoms with E-state index in [0.29, 0.717) is 16.9 Å². The van der Waals surface area contributed by atoms with Crippen molar-refractivity contribution in [2.45, 2.75) is 6.92 Å². The summed E-state index contributed by atoms with van der Waals surface area (Å²) >= 11 is 0. The van der Waals surface area contributed by atoms with E-state index in [4.69, 9.17) is 5.73 Å². The Kier molecular flexibility index (Phi) is 3.09. The number of carbonyl (C=O) groups is 1. The van der Waals surface area contributed by atoms with Gasteiger partial charge < -0.3 is 5.73 Å². The number of nitrogens with zero attached hydrogens (tertiary/aromatic N) is 2. The third-order valence-electron chi connectivity index (χ3n) is 2.45. The number of nitrogens with two attached hydrogens (primary N) is 1. The number of aromatic nitrogens is 2. The maximum atomic E-state index is 12.1. The molecule has 3 N–H and O–H groups in total. The number of rotatable bonds is 2. The summed E-state index contributed by atoms with van der Waals surface area (Å²) < 4.78 is 1.39. The third kappa shape index (κ3) is 2.22. The first kappa shape index (κ1) is 11.8. The van der Waals surface area contributed by atoms with Crippen LogP contribution in [0.25, 0.3) is 5.69 Å². The Labute approximate surface area is 103 Å². The standard InChI is InChI=1S/C12H12N4O2/c1-8-10(7-14-12(13)18)11(17)16(15-8)9-5-3-2-4-6-9/h2-7,15H,1H3,(H2,13,18)/b14-7+. The number of carbonyl (C=O) groups excluding carboxylic acids is 1. The highest BCUT2D eigenvalue weighted by molar-refractivity contribution is 5.90. The molecule has 2 amide bonds. The lowest BCUT2D eigenvalue weighted by Crippen LogP contribution is -2.17. The highest BCUT2D eigenvalue weighted by Crippen LogP contribution is 2.05. The summed E-state index contributed by atoms with van der Waals surface area (Å²) in [4.78, 5) is 26.1. The normalized spacial score (nSPS) is 10.9. The van der Waals surface area contributed by atoms with Gasteiger partial charge in [-0.25, -0.2) is 14.5 Å². The second-order valence-electron chi connectivity index (χ2n) is 3.72. The monoisotopic (exact) mass is 244 g/mol. The Morgan fingerprint density at radius 3 is 2.67 bits per heavy atom. The molecule has 1 heterocycles. The topological polar surface area (TPSA) is 93.2 Å². The van der Waals surface area contributed by atoms with Crippen molar-refractivity contribution in [3.05, 3.63) is 51.9 Å². The molecule has 0 unspecified atom stereocenters. The Balaban J connectivity index is 2.51. The number of hydrogen-bond donors (Lipinski definition) is 2. The number of hydrogen-bond acceptors (Lipinski definition) is 2. The SMILES string of the molecule is Cc1[nH]n(-c2ccccc2)c(=O)c1/C=N/C(N)=O. The predicted octanol–water partition coefficient (Wildman–Crippen LogP) is 0.972. The van der Waals surface area contributed by atoms with Crippen molar-refractivity contribution in [3.63, 3.8) is 0 Å². The predicted molar refractivity (Wildman–Crippen MR) is 68.3 cm³/mol. The summed E-state index contributed by atoms with van der Waals surface area (Å²) in [5.74, 6) is 0. The lowest BCUT2D eigenvalue weighted by Gasteiger charge is -1.99. The van der Waals surface area contributed by atoms with Gasteiger partial charge in [0, 0.05) is 11.9 Å². The summed E-state index contributed by atoms with van der Waals surface area (Å²) in [6.45, 7) is 1.73. The first-order valence-corrected chi connectivity index (χ1v) is 5.30. The van der Waals surface area contributed by atoms with Gasteiger partial charge in [-0.1, -0.05) is 18.2 Å². The van der Waals surface area contributed by atoms with Crippen molar-refractivity contribution >= 4 is 12.2 Å². The molecule has 0 aliphatic heterocycles. The van der Waals surface area contributed by atoms with Crippen LogP contribution in [0, 0.1) is 6.92 Å². The van der Waals surface area contributed by atoms with Crippen molar-refractivity contribution in [3.8, 4) is 5.69 Å². The molecular formula is C12H12N4O2. The zero-order valence-corrected chi connectivity index (χ0v) is 9.75. The molecule has 2 aromatic rings. The number of benzene rings is 1. The number of amides is 2. The van der Waals surface area contributed by atoms with Crippen LogP contribution in [0.1, 0.15) is 11.3 Å². The van der Waals surface area contributed by atoms with Crippen molar-refractivity contribution in [1.82, 2.24) is 9.78 Å². The average molecular weight is 244 g/mol. The lowest BCUT2D eigenvalue weighted by atomic mass is 10.3. The van der Waals surface area contributed by atoms with Crippen molar-refractivity contribution in [2.75, 3.05) is 0 Å². The molecule has 0 saturated carbocycles. The van der Waals surface area contributed by atoms with E-state index in [9.17, 15) is 9.59 Å². The quantitative estimate of drug-likeness (QED) is 0.770. The van der Waals surface area contributed by atoms with Gasteiger partial charge in [-0.3, -0.25) is 9.89 Å². The molecule has 1 aromatic carbocycles. The maximum Gasteiger partial charge on any atom is 0.338 e. The Morgan fingerprint density at radius 2 is 2.06 bits per heavy atom. The number of aliphatic imine (C=N–C) groups is 1. The molecule has 0 bridgehead atoms. The second kappa shape index (κ2) is 4.70. The largest absolute Gasteiger partial charge is 0.350 e. The van der Waals surface area contributed by atoms with Gasteiger partial charge in [-0.2, -0.15) is 0 Å². The number of primary amides is 1. The number of aromatic amines is 1. The molecule has 92 valence electrons. The van der Waals surface area contributed by atoms with Gasteiger partial charge >= 0.3 is 6.03 Å². The van der Waals surface area contributed by atoms with Gasteiger partial charge in [-0.15, -0.1) is 0 Å². The molecule has 0 spiro atoms. The molecular weight excluding hydrogens is 232 g/mol. The van der Waals surface area contributed by atoms with Crippen LogP contribution in [0.2, 0.25) is 0 Å². The zero-order valence-electron chi connectivity index (χ0n) is 9.75. The fourth-order valence-corrected chi connectivity index (χ4v) is 1.60. The van der Waals surface area contributed by atoms with Crippen LogP contribution < -0.4 is 11.3 Å². The molecule has 0 aliphatic carbocycles. The van der Waals surface area contributed by atoms with Gasteiger partial charge in [0.05, 0.1) is 11.3 Å². The fourth-order valence-electron chi connectivity index (χ4n) is 1.60. The van der Waals surface area contributed by atoms with E-state index in [1.54, 1.807) is 19.1 Å². The van der Waals surface area contributed by atoms with Crippen LogP contribution in [-0.4, -0.2) is 22.0 Å². The number of urea groups is 1. The van der Waals surface area contributed by atoms with Crippen molar-refractivity contribution < 1.29 is 4.79 Å². The highest BCUT2D eigenvalue weighted by atomic mass is 16.2. The fraction of sp³-hybridized carbons (Fsp3) is 0.0833. The van der Waals surface area contributed by atoms with E-state index >= 15 is 0 Å². The van der Waals surface area contributed by atoms with Crippen LogP contribution in [0.15, 0.2) is 40.1 Å². The van der Waals surface area contributed by atoms with E-state index in [1.165, 1.54) is 10.9 Å². The average Bonchev–Trinajstić information content (AvgIpc) is 2.63. The van der Waals surface area contributed by atoms with Crippen LogP contribution in [-0.2, 0) is 0 Å². The summed E-state index contributed by atoms with van der Waals surface area (Å²) in [6, 6.07) is 8.28. The number of para-hydroxylation sites is 1. The minimum Gasteiger partial charge on any atom is -0.350 e. The first-order chi connectivity index (χ1) is 8.59. The van der Waals surface area contributed by atoms with Crippen LogP contribution in [0.5, 0.6) is 0 Å². The summed E-state index contributed by atoms with van der Waals surface area (Å²) in [5.41, 5.74) is 6.28. The Hall–Kier alpha value is -2.63. The van der Waals surface area contributed by atoms with Crippen LogP contribution >= 0.6 is 0 Å². The first-order valence-electron chi connectivity index (χ1n) is 5.30. The zero-order chi connectivity index (χ0) is 13.1. The van der Waals surface area contributed by atoms with Gasteiger partial charge in [0.2, 0.25) is 0 Å². The number of H-pyrrole nitrogens is 1. The highest BCUT2D eigenvalue weighted by Gasteiger charge is 2.10. The molecule has 0 atom stereocenters. The molecule has 6 heteroatoms. The Bertz CT molecular complexity index is 652. The van der Waals surface area contributed by atoms with E-state index < -0.39 is 6.03 Å². The van der Waals surface area contributed by atoms with E-state index in [-0.39, 0.29) is 5.56 Å². The summed E-state index contributed by atoms with van der Waals surface area (Å²) in [5, 5.41) is 2.91. The van der Waals surface area contributed by atoms with Crippen molar-refractivity contribution in [1.29, 1.82) is 0 Å². The molecule has 6 nitrogen and oxygen atoms in total. The van der Waals surface area contributed by atoms with Gasteiger partial charge in [0.25, 0.3) is 5.56 Å². The van der Waals surface area contributed by atoms with Crippen molar-refractivity contribution in [2.24, 2.45) is 10.7 Å². The summed E-state index contributed by atoms with van der Waals surface area (Å²) in [7, 11) is 0. The molecule has 1 aromatic heterocycles. The van der Waals surface area contributed by atoms with Crippen LogP contribution in [0.3, 0.4) is 0 Å². The molecule has 18 heavy (non-hydrogen) atoms. The molecule has 2 rings (SSSR count). The van der Waals surface area contributed by atoms with E-state index in [2.05, 4.69) is 10.1 Å². The van der Waals surface area contributed by atoms with E-state index in [0.717, 1.165) is 0 Å². The number of nitrogens with one attached hydrogen (secondary N) is 1. The van der Waals surface area contributed by atoms with Gasteiger partial charge in [0.1, 0.15) is 0 Å². The van der Waals surface area contributed by atoms with Crippen LogP contribution in [0.4, 0.5) is 4.79 Å².